The number of nitrogens with two attached hydrogens (primary N) is 1. The fraction of sp³-hybridized carbons (Fsp3) is 0.0769. The van der Waals surface area contributed by atoms with Crippen LogP contribution in [-0.4, -0.2) is 10.1 Å². The Morgan fingerprint density at radius 3 is 2.80 bits per heavy atom. The van der Waals surface area contributed by atoms with Gasteiger partial charge in [0, 0.05) is 15.7 Å². The van der Waals surface area contributed by atoms with Crippen LogP contribution in [0, 0.1) is 6.92 Å². The molecule has 0 radical (unpaired) electrons. The molecule has 0 unspecified atom stereocenters. The minimum Gasteiger partial charge on any atom is -0.398 e. The summed E-state index contributed by atoms with van der Waals surface area (Å²) in [6.07, 6.45) is 0. The molecule has 0 amide bonds. The molecular weight excluding hydrogens is 406 g/mol. The Morgan fingerprint density at radius 1 is 1.30 bits per heavy atom. The summed E-state index contributed by atoms with van der Waals surface area (Å²) >= 11 is 8.43. The average Bonchev–Trinajstić information content (AvgIpc) is 3.01. The van der Waals surface area contributed by atoms with Gasteiger partial charge in [0.05, 0.1) is 8.66 Å². The molecule has 2 heterocycles. The van der Waals surface area contributed by atoms with Crippen molar-refractivity contribution in [1.82, 2.24) is 10.1 Å². The van der Waals surface area contributed by atoms with E-state index in [4.69, 9.17) is 10.3 Å². The third-order valence-corrected chi connectivity index (χ3v) is 6.14. The highest BCUT2D eigenvalue weighted by molar-refractivity contribution is 9.13. The molecule has 3 aromatic rings. The lowest BCUT2D eigenvalue weighted by Crippen LogP contribution is -1.92. The Hall–Kier alpha value is -1.18. The maximum atomic E-state index is 5.90. The number of hydrogen-bond donors (Lipinski definition) is 1. The van der Waals surface area contributed by atoms with E-state index in [1.165, 1.54) is 11.3 Å². The molecule has 0 aliphatic rings. The molecule has 3 rings (SSSR count). The van der Waals surface area contributed by atoms with E-state index in [1.54, 1.807) is 0 Å². The molecule has 0 atom stereocenters. The first kappa shape index (κ1) is 13.8. The van der Waals surface area contributed by atoms with Crippen LogP contribution in [0.3, 0.4) is 0 Å². The second-order valence-corrected chi connectivity index (χ2v) is 7.40. The molecule has 2 aromatic heterocycles. The Labute approximate surface area is 136 Å². The van der Waals surface area contributed by atoms with Crippen LogP contribution < -0.4 is 5.73 Å². The van der Waals surface area contributed by atoms with Crippen molar-refractivity contribution in [3.05, 3.63) is 38.1 Å². The van der Waals surface area contributed by atoms with Crippen LogP contribution in [0.5, 0.6) is 0 Å². The molecule has 2 N–H and O–H groups in total. The van der Waals surface area contributed by atoms with Gasteiger partial charge in [-0.3, -0.25) is 0 Å². The number of anilines is 1. The highest BCUT2D eigenvalue weighted by Crippen LogP contribution is 2.38. The van der Waals surface area contributed by atoms with Gasteiger partial charge in [-0.15, -0.1) is 11.3 Å². The molecule has 1 aromatic carbocycles. The Balaban J connectivity index is 2.04. The maximum Gasteiger partial charge on any atom is 0.268 e. The predicted molar refractivity (Wildman–Crippen MR) is 87.6 cm³/mol. The van der Waals surface area contributed by atoms with E-state index in [0.717, 1.165) is 30.0 Å². The second-order valence-electron chi connectivity index (χ2n) is 4.18. The molecule has 4 nitrogen and oxygen atoms in total. The third-order valence-electron chi connectivity index (χ3n) is 2.90. The summed E-state index contributed by atoms with van der Waals surface area (Å²) in [6.45, 7) is 1.94. The van der Waals surface area contributed by atoms with Crippen molar-refractivity contribution in [3.63, 3.8) is 0 Å². The zero-order valence-electron chi connectivity index (χ0n) is 10.4. The first-order valence-corrected chi connectivity index (χ1v) is 8.11. The van der Waals surface area contributed by atoms with Crippen molar-refractivity contribution in [1.29, 1.82) is 0 Å². The van der Waals surface area contributed by atoms with Gasteiger partial charge in [0.2, 0.25) is 5.82 Å². The van der Waals surface area contributed by atoms with Crippen molar-refractivity contribution in [2.75, 3.05) is 5.73 Å². The number of nitrogen functional groups attached to an aromatic ring is 1. The number of benzene rings is 1. The normalized spacial score (nSPS) is 10.9. The highest BCUT2D eigenvalue weighted by Gasteiger charge is 2.16. The first-order valence-electron chi connectivity index (χ1n) is 5.70. The van der Waals surface area contributed by atoms with Gasteiger partial charge in [0.15, 0.2) is 0 Å². The smallest absolute Gasteiger partial charge is 0.268 e. The molecule has 0 aliphatic carbocycles. The van der Waals surface area contributed by atoms with E-state index in [-0.39, 0.29) is 0 Å². The highest BCUT2D eigenvalue weighted by atomic mass is 79.9. The molecule has 0 saturated heterocycles. The van der Waals surface area contributed by atoms with E-state index in [2.05, 4.69) is 42.0 Å². The van der Waals surface area contributed by atoms with Gasteiger partial charge in [-0.25, -0.2) is 0 Å². The maximum absolute atomic E-state index is 5.90. The van der Waals surface area contributed by atoms with E-state index < -0.39 is 0 Å². The number of thiophene rings is 1. The number of rotatable bonds is 2. The lowest BCUT2D eigenvalue weighted by molar-refractivity contribution is 0.433. The van der Waals surface area contributed by atoms with Crippen LogP contribution in [-0.2, 0) is 0 Å². The van der Waals surface area contributed by atoms with Crippen LogP contribution in [0.15, 0.2) is 37.0 Å². The van der Waals surface area contributed by atoms with Gasteiger partial charge in [-0.1, -0.05) is 17.3 Å². The van der Waals surface area contributed by atoms with Crippen LogP contribution in [0.4, 0.5) is 5.69 Å². The summed E-state index contributed by atoms with van der Waals surface area (Å²) < 4.78 is 7.30. The fourth-order valence-electron chi connectivity index (χ4n) is 1.78. The van der Waals surface area contributed by atoms with Crippen LogP contribution >= 0.6 is 43.2 Å². The van der Waals surface area contributed by atoms with Crippen LogP contribution in [0.1, 0.15) is 5.56 Å². The lowest BCUT2D eigenvalue weighted by Gasteiger charge is -2.03. The van der Waals surface area contributed by atoms with Crippen molar-refractivity contribution in [2.45, 2.75) is 6.92 Å². The number of nitrogens with zero attached hydrogens (tertiary/aromatic N) is 2. The zero-order chi connectivity index (χ0) is 14.3. The third kappa shape index (κ3) is 2.41. The standard InChI is InChI=1S/C13H9Br2N3OS/c1-6-7(3-2-4-9(6)16)12-17-13(19-18-12)10-5-8(14)11(15)20-10/h2-5H,16H2,1H3. The van der Waals surface area contributed by atoms with Gasteiger partial charge in [0.1, 0.15) is 0 Å². The summed E-state index contributed by atoms with van der Waals surface area (Å²) in [5.74, 6) is 1.05. The fourth-order valence-corrected chi connectivity index (χ4v) is 3.74. The minimum atomic E-state index is 0.498. The monoisotopic (exact) mass is 413 g/mol. The molecule has 0 bridgehead atoms. The van der Waals surface area contributed by atoms with Crippen LogP contribution in [0.2, 0.25) is 0 Å². The summed E-state index contributed by atoms with van der Waals surface area (Å²) in [6, 6.07) is 7.61. The average molecular weight is 415 g/mol. The molecule has 102 valence electrons. The number of halogens is 2. The molecule has 0 saturated carbocycles. The SMILES string of the molecule is Cc1c(N)cccc1-c1noc(-c2cc(Br)c(Br)s2)n1. The summed E-state index contributed by atoms with van der Waals surface area (Å²) in [4.78, 5) is 5.35. The van der Waals surface area contributed by atoms with E-state index >= 15 is 0 Å². The first-order chi connectivity index (χ1) is 9.56. The summed E-state index contributed by atoms with van der Waals surface area (Å²) in [7, 11) is 0. The van der Waals surface area contributed by atoms with E-state index in [1.807, 2.05) is 31.2 Å². The van der Waals surface area contributed by atoms with Crippen molar-refractivity contribution in [3.8, 4) is 22.2 Å². The largest absolute Gasteiger partial charge is 0.398 e. The van der Waals surface area contributed by atoms with E-state index in [0.29, 0.717) is 11.7 Å². The number of hydrogen-bond acceptors (Lipinski definition) is 5. The predicted octanol–water partition coefficient (Wildman–Crippen LogP) is 4.88. The molecule has 0 fully saturated rings. The number of aromatic nitrogens is 2. The molecule has 0 spiro atoms. The Morgan fingerprint density at radius 2 is 2.10 bits per heavy atom. The zero-order valence-corrected chi connectivity index (χ0v) is 14.3. The van der Waals surface area contributed by atoms with E-state index in [9.17, 15) is 0 Å². The molecule has 7 heteroatoms. The topological polar surface area (TPSA) is 64.9 Å². The Kier molecular flexibility index (Phi) is 3.66. The Bertz CT molecular complexity index is 762. The van der Waals surface area contributed by atoms with Gasteiger partial charge < -0.3 is 10.3 Å². The quantitative estimate of drug-likeness (QED) is 0.606. The van der Waals surface area contributed by atoms with Crippen LogP contribution in [0.25, 0.3) is 22.2 Å². The van der Waals surface area contributed by atoms with Crippen molar-refractivity contribution < 1.29 is 4.52 Å². The minimum absolute atomic E-state index is 0.498. The summed E-state index contributed by atoms with van der Waals surface area (Å²) in [5.41, 5.74) is 8.46. The molecule has 0 aliphatic heterocycles. The molecule has 20 heavy (non-hydrogen) atoms. The second kappa shape index (κ2) is 5.31. The van der Waals surface area contributed by atoms with Crippen molar-refractivity contribution >= 4 is 48.9 Å². The van der Waals surface area contributed by atoms with Gasteiger partial charge in [-0.05, 0) is 56.5 Å². The van der Waals surface area contributed by atoms with Gasteiger partial charge in [-0.2, -0.15) is 4.98 Å². The lowest BCUT2D eigenvalue weighted by atomic mass is 10.1. The van der Waals surface area contributed by atoms with Crippen molar-refractivity contribution in [2.24, 2.45) is 0 Å². The molecular formula is C13H9Br2N3OS. The summed E-state index contributed by atoms with van der Waals surface area (Å²) in [5, 5.41) is 4.04. The van der Waals surface area contributed by atoms with Gasteiger partial charge in [0.25, 0.3) is 5.89 Å². The van der Waals surface area contributed by atoms with Gasteiger partial charge >= 0.3 is 0 Å².